The number of rotatable bonds is 3. The Bertz CT molecular complexity index is 761. The minimum Gasteiger partial charge on any atom is -0.332 e. The number of aromatic nitrogens is 2. The van der Waals surface area contributed by atoms with E-state index in [0.29, 0.717) is 12.3 Å². The normalized spacial score (nSPS) is 24.0. The maximum Gasteiger partial charge on any atom is 0.223 e. The second-order valence-electron chi connectivity index (χ2n) is 6.73. The zero-order valence-corrected chi connectivity index (χ0v) is 13.6. The van der Waals surface area contributed by atoms with E-state index >= 15 is 0 Å². The number of hydrogen-bond acceptors (Lipinski definition) is 2. The summed E-state index contributed by atoms with van der Waals surface area (Å²) in [5, 5.41) is 0. The second kappa shape index (κ2) is 5.84. The number of para-hydroxylation sites is 2. The van der Waals surface area contributed by atoms with Crippen molar-refractivity contribution in [3.05, 3.63) is 42.2 Å². The predicted molar refractivity (Wildman–Crippen MR) is 90.9 cm³/mol. The number of benzene rings is 1. The molecule has 120 valence electrons. The maximum absolute atomic E-state index is 12.8. The van der Waals surface area contributed by atoms with Gasteiger partial charge in [-0.15, -0.1) is 0 Å². The third kappa shape index (κ3) is 2.56. The van der Waals surface area contributed by atoms with Gasteiger partial charge in [0.25, 0.3) is 0 Å². The van der Waals surface area contributed by atoms with Crippen molar-refractivity contribution in [3.63, 3.8) is 0 Å². The fraction of sp³-hybridized carbons (Fsp3) is 0.474. The van der Waals surface area contributed by atoms with E-state index in [2.05, 4.69) is 34.7 Å². The number of imidazole rings is 1. The van der Waals surface area contributed by atoms with E-state index in [0.717, 1.165) is 49.1 Å². The first-order chi connectivity index (χ1) is 11.2. The average Bonchev–Trinajstić information content (AvgIpc) is 3.27. The number of hydrogen-bond donors (Lipinski definition) is 0. The van der Waals surface area contributed by atoms with Crippen molar-refractivity contribution in [2.75, 3.05) is 6.54 Å². The molecule has 1 aliphatic carbocycles. The first-order valence-electron chi connectivity index (χ1n) is 8.61. The lowest BCUT2D eigenvalue weighted by Crippen LogP contribution is -2.32. The molecule has 4 rings (SSSR count). The highest BCUT2D eigenvalue weighted by molar-refractivity contribution is 5.79. The van der Waals surface area contributed by atoms with Gasteiger partial charge in [-0.2, -0.15) is 0 Å². The number of fused-ring (bicyclic) bond motifs is 1. The second-order valence-corrected chi connectivity index (χ2v) is 6.73. The van der Waals surface area contributed by atoms with Crippen LogP contribution in [-0.4, -0.2) is 26.9 Å². The van der Waals surface area contributed by atoms with Gasteiger partial charge in [0.05, 0.1) is 17.1 Å². The molecule has 0 N–H and O–H groups in total. The molecule has 1 amide bonds. The van der Waals surface area contributed by atoms with Crippen molar-refractivity contribution in [2.24, 2.45) is 13.0 Å². The molecule has 2 heterocycles. The topological polar surface area (TPSA) is 38.1 Å². The van der Waals surface area contributed by atoms with Crippen LogP contribution < -0.4 is 0 Å². The smallest absolute Gasteiger partial charge is 0.223 e. The molecule has 1 saturated heterocycles. The van der Waals surface area contributed by atoms with Crippen molar-refractivity contribution in [2.45, 2.75) is 38.1 Å². The first-order valence-corrected chi connectivity index (χ1v) is 8.61. The molecule has 4 nitrogen and oxygen atoms in total. The highest BCUT2D eigenvalue weighted by Crippen LogP contribution is 2.34. The van der Waals surface area contributed by atoms with Crippen LogP contribution in [0.15, 0.2) is 36.4 Å². The third-order valence-electron chi connectivity index (χ3n) is 5.24. The average molecular weight is 309 g/mol. The molecule has 4 heteroatoms. The molecule has 1 aliphatic heterocycles. The van der Waals surface area contributed by atoms with Crippen molar-refractivity contribution < 1.29 is 4.79 Å². The monoisotopic (exact) mass is 309 g/mol. The van der Waals surface area contributed by atoms with Crippen LogP contribution >= 0.6 is 0 Å². The summed E-state index contributed by atoms with van der Waals surface area (Å²) in [5.41, 5.74) is 2.16. The molecule has 2 aliphatic rings. The Morgan fingerprint density at radius 3 is 2.96 bits per heavy atom. The van der Waals surface area contributed by atoms with Gasteiger partial charge in [-0.1, -0.05) is 24.3 Å². The number of carbonyl (C=O) groups is 1. The maximum atomic E-state index is 12.8. The van der Waals surface area contributed by atoms with Gasteiger partial charge in [0.2, 0.25) is 5.91 Å². The summed E-state index contributed by atoms with van der Waals surface area (Å²) in [6, 6.07) is 8.32. The van der Waals surface area contributed by atoms with Crippen molar-refractivity contribution in [1.29, 1.82) is 0 Å². The minimum atomic E-state index is 0.130. The molecule has 0 saturated carbocycles. The summed E-state index contributed by atoms with van der Waals surface area (Å²) in [7, 11) is 2.06. The number of aryl methyl sites for hydroxylation is 1. The molecule has 1 aromatic heterocycles. The van der Waals surface area contributed by atoms with E-state index in [1.165, 1.54) is 0 Å². The Morgan fingerprint density at radius 2 is 2.17 bits per heavy atom. The lowest BCUT2D eigenvalue weighted by molar-refractivity contribution is -0.133. The van der Waals surface area contributed by atoms with Crippen LogP contribution in [-0.2, 0) is 11.8 Å². The summed E-state index contributed by atoms with van der Waals surface area (Å²) < 4.78 is 2.15. The number of allylic oxidation sites excluding steroid dienone is 2. The number of amides is 1. The van der Waals surface area contributed by atoms with Gasteiger partial charge in [-0.05, 0) is 43.7 Å². The fourth-order valence-electron chi connectivity index (χ4n) is 4.00. The lowest BCUT2D eigenvalue weighted by Gasteiger charge is -2.25. The van der Waals surface area contributed by atoms with E-state index in [1.807, 2.05) is 18.2 Å². The molecule has 23 heavy (non-hydrogen) atoms. The summed E-state index contributed by atoms with van der Waals surface area (Å²) >= 11 is 0. The van der Waals surface area contributed by atoms with Crippen LogP contribution in [0.3, 0.4) is 0 Å². The van der Waals surface area contributed by atoms with Gasteiger partial charge >= 0.3 is 0 Å². The molecular weight excluding hydrogens is 286 g/mol. The van der Waals surface area contributed by atoms with E-state index < -0.39 is 0 Å². The molecule has 2 aromatic rings. The Labute approximate surface area is 136 Å². The lowest BCUT2D eigenvalue weighted by atomic mass is 10.0. The highest BCUT2D eigenvalue weighted by atomic mass is 16.2. The Hall–Kier alpha value is -2.10. The van der Waals surface area contributed by atoms with Crippen molar-refractivity contribution in [1.82, 2.24) is 14.5 Å². The van der Waals surface area contributed by atoms with Gasteiger partial charge in [0, 0.05) is 20.0 Å². The largest absolute Gasteiger partial charge is 0.332 e. The van der Waals surface area contributed by atoms with E-state index in [9.17, 15) is 4.79 Å². The van der Waals surface area contributed by atoms with E-state index in [-0.39, 0.29) is 11.9 Å². The van der Waals surface area contributed by atoms with Crippen LogP contribution in [0.2, 0.25) is 0 Å². The first kappa shape index (κ1) is 14.5. The van der Waals surface area contributed by atoms with Gasteiger partial charge in [-0.25, -0.2) is 4.98 Å². The molecule has 0 spiro atoms. The van der Waals surface area contributed by atoms with Crippen LogP contribution in [0, 0.1) is 5.92 Å². The number of carbonyl (C=O) groups excluding carboxylic acids is 1. The Kier molecular flexibility index (Phi) is 3.68. The molecule has 1 aromatic carbocycles. The predicted octanol–water partition coefficient (Wildman–Crippen LogP) is 3.59. The highest BCUT2D eigenvalue weighted by Gasteiger charge is 2.33. The molecule has 0 bridgehead atoms. The number of likely N-dealkylation sites (tertiary alicyclic amines) is 1. The summed E-state index contributed by atoms with van der Waals surface area (Å²) in [4.78, 5) is 19.6. The van der Waals surface area contributed by atoms with Gasteiger partial charge in [-0.3, -0.25) is 4.79 Å². The zero-order chi connectivity index (χ0) is 15.8. The number of nitrogens with zero attached hydrogens (tertiary/aromatic N) is 3. The summed E-state index contributed by atoms with van der Waals surface area (Å²) in [5.74, 6) is 1.75. The Balaban J connectivity index is 1.60. The summed E-state index contributed by atoms with van der Waals surface area (Å²) in [6.07, 6.45) is 9.38. The van der Waals surface area contributed by atoms with Gasteiger partial charge in [0.15, 0.2) is 0 Å². The van der Waals surface area contributed by atoms with Crippen LogP contribution in [0.4, 0.5) is 0 Å². The quantitative estimate of drug-likeness (QED) is 0.813. The molecular formula is C19H23N3O. The van der Waals surface area contributed by atoms with Crippen molar-refractivity contribution in [3.8, 4) is 0 Å². The van der Waals surface area contributed by atoms with E-state index in [4.69, 9.17) is 4.98 Å². The van der Waals surface area contributed by atoms with E-state index in [1.54, 1.807) is 0 Å². The standard InChI is InChI=1S/C19H23N3O/c1-21-16-10-5-4-9-15(16)20-19(21)17-11-6-12-22(17)18(23)13-14-7-2-3-8-14/h2,4-5,7,9-10,14,17H,3,6,8,11-13H2,1H3/t14-,17-/m1/s1. The Morgan fingerprint density at radius 1 is 1.30 bits per heavy atom. The van der Waals surface area contributed by atoms with Crippen LogP contribution in [0.5, 0.6) is 0 Å². The molecule has 1 fully saturated rings. The minimum absolute atomic E-state index is 0.130. The molecule has 0 unspecified atom stereocenters. The summed E-state index contributed by atoms with van der Waals surface area (Å²) in [6.45, 7) is 0.864. The zero-order valence-electron chi connectivity index (χ0n) is 13.6. The molecule has 2 atom stereocenters. The van der Waals surface area contributed by atoms with Crippen LogP contribution in [0.25, 0.3) is 11.0 Å². The molecule has 0 radical (unpaired) electrons. The van der Waals surface area contributed by atoms with Crippen LogP contribution in [0.1, 0.15) is 44.0 Å². The van der Waals surface area contributed by atoms with Crippen molar-refractivity contribution >= 4 is 16.9 Å². The van der Waals surface area contributed by atoms with Gasteiger partial charge < -0.3 is 9.47 Å². The fourth-order valence-corrected chi connectivity index (χ4v) is 4.00. The SMILES string of the molecule is Cn1c([C@H]2CCCN2C(=O)C[C@@H]2C=CCC2)nc2ccccc21. The third-order valence-corrected chi connectivity index (χ3v) is 5.24. The van der Waals surface area contributed by atoms with Gasteiger partial charge in [0.1, 0.15) is 5.82 Å².